The second-order valence-electron chi connectivity index (χ2n) is 2.32. The topological polar surface area (TPSA) is 101 Å². The van der Waals surface area contributed by atoms with Crippen molar-refractivity contribution in [1.29, 1.82) is 0 Å². The van der Waals surface area contributed by atoms with E-state index in [9.17, 15) is 4.79 Å². The number of hydrogen-bond acceptors (Lipinski definition) is 3. The first-order chi connectivity index (χ1) is 6.20. The summed E-state index contributed by atoms with van der Waals surface area (Å²) in [5.74, 6) is -0.0558. The minimum atomic E-state index is -0.0558. The molecular weight excluding hydrogens is 266 g/mol. The maximum Gasteiger partial charge on any atom is 2.00 e. The Hall–Kier alpha value is -1.14. The van der Waals surface area contributed by atoms with Gasteiger partial charge in [0.05, 0.1) is 0 Å². The number of allylic oxidation sites excluding steroid dienone is 5. The van der Waals surface area contributed by atoms with Gasteiger partial charge >= 0.3 is 17.1 Å². The molecule has 7 heteroatoms. The Morgan fingerprint density at radius 3 is 2.60 bits per heavy atom. The molecule has 0 unspecified atom stereocenters. The zero-order valence-electron chi connectivity index (χ0n) is 7.58. The first kappa shape index (κ1) is 16.3. The van der Waals surface area contributed by atoms with Crippen LogP contribution in [0.3, 0.4) is 0 Å². The summed E-state index contributed by atoms with van der Waals surface area (Å²) in [6, 6.07) is 0. The molecule has 0 fully saturated rings. The number of carbonyl (C=O) groups excluding carboxylic acids is 1. The van der Waals surface area contributed by atoms with Crippen molar-refractivity contribution < 1.29 is 32.4 Å². The molecule has 0 saturated carbocycles. The van der Waals surface area contributed by atoms with E-state index < -0.39 is 0 Å². The number of nitrogens with one attached hydrogen (secondary N) is 2. The van der Waals surface area contributed by atoms with Gasteiger partial charge in [-0.3, -0.25) is 4.79 Å². The van der Waals surface area contributed by atoms with Crippen molar-refractivity contribution in [3.05, 3.63) is 36.1 Å². The Bertz CT molecular complexity index is 333. The summed E-state index contributed by atoms with van der Waals surface area (Å²) in [5, 5.41) is 2.61. The van der Waals surface area contributed by atoms with E-state index in [1.165, 1.54) is 12.3 Å². The minimum Gasteiger partial charge on any atom is -0.691 e. The fourth-order valence-corrected chi connectivity index (χ4v) is 0.844. The second kappa shape index (κ2) is 8.19. The molecule has 85 valence electrons. The van der Waals surface area contributed by atoms with Crippen molar-refractivity contribution >= 4 is 23.6 Å². The summed E-state index contributed by atoms with van der Waals surface area (Å²) in [6.45, 7) is 0. The van der Waals surface area contributed by atoms with Crippen molar-refractivity contribution in [2.24, 2.45) is 5.73 Å². The van der Waals surface area contributed by atoms with Gasteiger partial charge in [-0.05, 0) is 12.2 Å². The number of ketones is 1. The Morgan fingerprint density at radius 2 is 2.07 bits per heavy atom. The van der Waals surface area contributed by atoms with E-state index in [4.69, 9.17) is 5.73 Å². The van der Waals surface area contributed by atoms with Gasteiger partial charge in [-0.25, -0.2) is 5.43 Å². The van der Waals surface area contributed by atoms with E-state index in [-0.39, 0.29) is 33.5 Å². The van der Waals surface area contributed by atoms with Gasteiger partial charge < -0.3 is 23.8 Å². The molecule has 0 aromatic rings. The number of carbonyl (C=O) groups is 1. The molecule has 0 atom stereocenters. The summed E-state index contributed by atoms with van der Waals surface area (Å²) in [7, 11) is 0. The number of hydrazone groups is 1. The smallest absolute Gasteiger partial charge is 0.691 e. The molecule has 0 aromatic carbocycles. The van der Waals surface area contributed by atoms with E-state index in [1.54, 1.807) is 18.2 Å². The van der Waals surface area contributed by atoms with E-state index in [1.807, 2.05) is 0 Å². The molecule has 1 rings (SSSR count). The van der Waals surface area contributed by atoms with Crippen LogP contribution in [-0.4, -0.2) is 16.4 Å². The fourth-order valence-electron chi connectivity index (χ4n) is 0.785. The van der Waals surface area contributed by atoms with Gasteiger partial charge in [0.15, 0.2) is 5.78 Å². The van der Waals surface area contributed by atoms with E-state index >= 15 is 0 Å². The normalized spacial score (nSPS) is 16.9. The number of nitrogens with two attached hydrogens (primary N) is 1. The standard InChI is InChI=1S/C8H9N3OS.Cu.H2O/c9-8(13)11-10-5-6-3-1-2-4-7(6)12;;/h1-5,10H,(H3,9,11,13);;1H2/q;+2;. The van der Waals surface area contributed by atoms with Crippen LogP contribution in [0.15, 0.2) is 36.1 Å². The zero-order valence-corrected chi connectivity index (χ0v) is 9.34. The quantitative estimate of drug-likeness (QED) is 0.127. The van der Waals surface area contributed by atoms with Crippen molar-refractivity contribution in [2.75, 3.05) is 0 Å². The average molecular weight is 277 g/mol. The first-order valence-electron chi connectivity index (χ1n) is 3.60. The van der Waals surface area contributed by atoms with Crippen LogP contribution in [0.2, 0.25) is 0 Å². The number of hydrogen-bond donors (Lipinski definition) is 3. The third-order valence-electron chi connectivity index (χ3n) is 1.34. The third-order valence-corrected chi connectivity index (χ3v) is 1.44. The van der Waals surface area contributed by atoms with E-state index in [2.05, 4.69) is 23.2 Å². The van der Waals surface area contributed by atoms with Crippen LogP contribution >= 0.6 is 0 Å². The molecule has 1 aliphatic rings. The molecular formula is C8H11CuN3O2S+2. The summed E-state index contributed by atoms with van der Waals surface area (Å²) >= 11 is 4.55. The van der Waals surface area contributed by atoms with E-state index in [0.717, 1.165) is 0 Å². The SMILES string of the molecule is NC([S-])=[NH+]NC=C1C=CC=CC1=O.O.[Cu+2]. The van der Waals surface area contributed by atoms with Crippen molar-refractivity contribution in [2.45, 2.75) is 0 Å². The Morgan fingerprint density at radius 1 is 1.47 bits per heavy atom. The van der Waals surface area contributed by atoms with Crippen LogP contribution in [0.4, 0.5) is 0 Å². The molecule has 1 radical (unpaired) electrons. The summed E-state index contributed by atoms with van der Waals surface area (Å²) in [4.78, 5) is 11.1. The predicted octanol–water partition coefficient (Wildman–Crippen LogP) is -2.81. The number of hydrazine groups is 1. The van der Waals surface area contributed by atoms with Gasteiger partial charge in [0, 0.05) is 11.8 Å². The molecule has 6 N–H and O–H groups in total. The van der Waals surface area contributed by atoms with Crippen LogP contribution in [0, 0.1) is 0 Å². The molecule has 0 bridgehead atoms. The van der Waals surface area contributed by atoms with Crippen LogP contribution in [0.5, 0.6) is 0 Å². The van der Waals surface area contributed by atoms with Crippen LogP contribution in [0.1, 0.15) is 0 Å². The molecule has 0 heterocycles. The second-order valence-corrected chi connectivity index (χ2v) is 2.76. The monoisotopic (exact) mass is 276 g/mol. The molecule has 0 amide bonds. The van der Waals surface area contributed by atoms with Gasteiger partial charge in [-0.2, -0.15) is 5.10 Å². The summed E-state index contributed by atoms with van der Waals surface area (Å²) in [5.41, 5.74) is 8.30. The maximum absolute atomic E-state index is 11.1. The first-order valence-corrected chi connectivity index (χ1v) is 4.01. The predicted molar refractivity (Wildman–Crippen MR) is 55.6 cm³/mol. The molecule has 0 aromatic heterocycles. The molecule has 1 aliphatic carbocycles. The van der Waals surface area contributed by atoms with Crippen molar-refractivity contribution in [3.8, 4) is 0 Å². The maximum atomic E-state index is 11.1. The Labute approximate surface area is 103 Å². The summed E-state index contributed by atoms with van der Waals surface area (Å²) < 4.78 is 0. The Kier molecular flexibility index (Phi) is 8.90. The molecule has 0 aliphatic heterocycles. The molecule has 15 heavy (non-hydrogen) atoms. The van der Waals surface area contributed by atoms with Gasteiger partial charge in [0.2, 0.25) is 0 Å². The van der Waals surface area contributed by atoms with Crippen molar-refractivity contribution in [1.82, 2.24) is 5.43 Å². The van der Waals surface area contributed by atoms with Gasteiger partial charge in [0.1, 0.15) is 5.17 Å². The number of amidine groups is 1. The number of rotatable bonds is 2. The molecule has 5 nitrogen and oxygen atoms in total. The minimum absolute atomic E-state index is 0. The Balaban J connectivity index is 0. The average Bonchev–Trinajstić information content (AvgIpc) is 2.08. The third kappa shape index (κ3) is 6.03. The fraction of sp³-hybridized carbons (Fsp3) is 0. The van der Waals surface area contributed by atoms with Gasteiger partial charge in [-0.1, -0.05) is 12.2 Å². The van der Waals surface area contributed by atoms with E-state index in [0.29, 0.717) is 5.57 Å². The largest absolute Gasteiger partial charge is 2.00 e. The molecule has 0 saturated heterocycles. The van der Waals surface area contributed by atoms with Gasteiger partial charge in [0.25, 0.3) is 0 Å². The van der Waals surface area contributed by atoms with Gasteiger partial charge in [-0.15, -0.1) is 0 Å². The summed E-state index contributed by atoms with van der Waals surface area (Å²) in [6.07, 6.45) is 8.13. The van der Waals surface area contributed by atoms with Crippen LogP contribution in [0.25, 0.3) is 0 Å². The molecule has 0 spiro atoms. The zero-order chi connectivity index (χ0) is 9.68. The van der Waals surface area contributed by atoms with Crippen LogP contribution < -0.4 is 16.3 Å². The van der Waals surface area contributed by atoms with Crippen LogP contribution in [-0.2, 0) is 34.5 Å². The van der Waals surface area contributed by atoms with Crippen molar-refractivity contribution in [3.63, 3.8) is 0 Å².